The van der Waals surface area contributed by atoms with Crippen molar-refractivity contribution in [1.29, 1.82) is 0 Å². The summed E-state index contributed by atoms with van der Waals surface area (Å²) in [6.07, 6.45) is 1.16. The predicted octanol–water partition coefficient (Wildman–Crippen LogP) is 1.65. The van der Waals surface area contributed by atoms with Crippen LogP contribution in [0.5, 0.6) is 0 Å². The first-order valence-corrected chi connectivity index (χ1v) is 7.79. The van der Waals surface area contributed by atoms with Gasteiger partial charge >= 0.3 is 0 Å². The Kier molecular flexibility index (Phi) is 5.63. The van der Waals surface area contributed by atoms with Crippen molar-refractivity contribution in [1.82, 2.24) is 15.1 Å². The summed E-state index contributed by atoms with van der Waals surface area (Å²) in [6, 6.07) is 4.55. The molecule has 3 nitrogen and oxygen atoms in total. The Morgan fingerprint density at radius 3 is 2.67 bits per heavy atom. The van der Waals surface area contributed by atoms with Crippen LogP contribution in [-0.4, -0.2) is 56.1 Å². The van der Waals surface area contributed by atoms with Gasteiger partial charge in [-0.2, -0.15) is 0 Å². The van der Waals surface area contributed by atoms with Gasteiger partial charge in [-0.1, -0.05) is 6.92 Å². The second-order valence-corrected chi connectivity index (χ2v) is 6.30. The third-order valence-electron chi connectivity index (χ3n) is 3.50. The number of piperazine rings is 1. The minimum absolute atomic E-state index is 1.09. The fourth-order valence-corrected chi connectivity index (χ4v) is 3.33. The third kappa shape index (κ3) is 4.35. The van der Waals surface area contributed by atoms with Gasteiger partial charge in [0.05, 0.1) is 0 Å². The largest absolute Gasteiger partial charge is 0.314 e. The Morgan fingerprint density at radius 1 is 1.28 bits per heavy atom. The summed E-state index contributed by atoms with van der Waals surface area (Å²) in [5, 5.41) is 3.40. The van der Waals surface area contributed by atoms with Gasteiger partial charge in [-0.05, 0) is 25.6 Å². The Labute approximate surface area is 115 Å². The number of hydrogen-bond donors (Lipinski definition) is 1. The van der Waals surface area contributed by atoms with Gasteiger partial charge in [-0.15, -0.1) is 11.3 Å². The average Bonchev–Trinajstić information content (AvgIpc) is 2.85. The van der Waals surface area contributed by atoms with Crippen molar-refractivity contribution in [3.05, 3.63) is 21.9 Å². The van der Waals surface area contributed by atoms with Crippen LogP contribution < -0.4 is 5.32 Å². The number of aryl methyl sites for hydroxylation is 1. The van der Waals surface area contributed by atoms with Crippen LogP contribution >= 0.6 is 11.3 Å². The summed E-state index contributed by atoms with van der Waals surface area (Å²) in [6.45, 7) is 10.4. The van der Waals surface area contributed by atoms with Crippen LogP contribution in [0.4, 0.5) is 0 Å². The zero-order valence-corrected chi connectivity index (χ0v) is 12.4. The van der Waals surface area contributed by atoms with Gasteiger partial charge in [0.15, 0.2) is 0 Å². The van der Waals surface area contributed by atoms with Crippen LogP contribution in [0.2, 0.25) is 0 Å². The molecule has 0 atom stereocenters. The van der Waals surface area contributed by atoms with E-state index in [-0.39, 0.29) is 0 Å². The molecule has 0 unspecified atom stereocenters. The first kappa shape index (κ1) is 14.0. The topological polar surface area (TPSA) is 18.5 Å². The zero-order valence-electron chi connectivity index (χ0n) is 11.6. The van der Waals surface area contributed by atoms with E-state index in [0.717, 1.165) is 26.1 Å². The molecule has 0 aliphatic carbocycles. The molecule has 1 aliphatic heterocycles. The second kappa shape index (κ2) is 7.24. The fourth-order valence-electron chi connectivity index (χ4n) is 2.29. The van der Waals surface area contributed by atoms with E-state index in [1.807, 2.05) is 11.3 Å². The Hall–Kier alpha value is -0.420. The standard InChI is InChI=1S/C14H25N3S/c1-3-13-4-5-14(18-13)12-16(2)10-11-17-8-6-15-7-9-17/h4-5,15H,3,6-12H2,1-2H3. The number of rotatable bonds is 6. The number of thiophene rings is 1. The summed E-state index contributed by atoms with van der Waals surface area (Å²) >= 11 is 1.96. The van der Waals surface area contributed by atoms with E-state index < -0.39 is 0 Å². The minimum atomic E-state index is 1.09. The highest BCUT2D eigenvalue weighted by Gasteiger charge is 2.10. The van der Waals surface area contributed by atoms with E-state index in [1.54, 1.807) is 0 Å². The van der Waals surface area contributed by atoms with Crippen molar-refractivity contribution >= 4 is 11.3 Å². The molecule has 0 amide bonds. The molecule has 1 aromatic rings. The van der Waals surface area contributed by atoms with Gasteiger partial charge in [0.2, 0.25) is 0 Å². The molecule has 0 bridgehead atoms. The number of likely N-dealkylation sites (N-methyl/N-ethyl adjacent to an activating group) is 1. The molecule has 1 fully saturated rings. The summed E-state index contributed by atoms with van der Waals surface area (Å²) in [5.74, 6) is 0. The van der Waals surface area contributed by atoms with E-state index in [9.17, 15) is 0 Å². The van der Waals surface area contributed by atoms with Gasteiger partial charge in [-0.3, -0.25) is 4.90 Å². The average molecular weight is 267 g/mol. The van der Waals surface area contributed by atoms with Crippen LogP contribution in [0.25, 0.3) is 0 Å². The Morgan fingerprint density at radius 2 is 2.00 bits per heavy atom. The van der Waals surface area contributed by atoms with E-state index in [1.165, 1.54) is 35.9 Å². The summed E-state index contributed by atoms with van der Waals surface area (Å²) in [5.41, 5.74) is 0. The molecule has 18 heavy (non-hydrogen) atoms. The van der Waals surface area contributed by atoms with E-state index in [0.29, 0.717) is 0 Å². The van der Waals surface area contributed by atoms with Crippen molar-refractivity contribution < 1.29 is 0 Å². The normalized spacial score (nSPS) is 17.5. The Balaban J connectivity index is 1.69. The molecule has 4 heteroatoms. The monoisotopic (exact) mass is 267 g/mol. The van der Waals surface area contributed by atoms with Gasteiger partial charge in [0, 0.05) is 55.6 Å². The van der Waals surface area contributed by atoms with Crippen LogP contribution in [-0.2, 0) is 13.0 Å². The smallest absolute Gasteiger partial charge is 0.0325 e. The molecule has 2 rings (SSSR count). The van der Waals surface area contributed by atoms with Gasteiger partial charge in [-0.25, -0.2) is 0 Å². The summed E-state index contributed by atoms with van der Waals surface area (Å²) < 4.78 is 0. The molecule has 0 spiro atoms. The van der Waals surface area contributed by atoms with Crippen LogP contribution in [0, 0.1) is 0 Å². The fraction of sp³-hybridized carbons (Fsp3) is 0.714. The van der Waals surface area contributed by atoms with E-state index >= 15 is 0 Å². The number of nitrogens with zero attached hydrogens (tertiary/aromatic N) is 2. The Bertz CT molecular complexity index is 345. The van der Waals surface area contributed by atoms with E-state index in [4.69, 9.17) is 0 Å². The first-order chi connectivity index (χ1) is 8.78. The van der Waals surface area contributed by atoms with E-state index in [2.05, 4.69) is 41.2 Å². The van der Waals surface area contributed by atoms with Crippen molar-refractivity contribution in [2.24, 2.45) is 0 Å². The molecule has 1 N–H and O–H groups in total. The van der Waals surface area contributed by atoms with Gasteiger partial charge in [0.25, 0.3) is 0 Å². The molecular formula is C14H25N3S. The lowest BCUT2D eigenvalue weighted by atomic mass is 10.3. The first-order valence-electron chi connectivity index (χ1n) is 6.97. The van der Waals surface area contributed by atoms with Crippen molar-refractivity contribution in [3.63, 3.8) is 0 Å². The predicted molar refractivity (Wildman–Crippen MR) is 79.3 cm³/mol. The summed E-state index contributed by atoms with van der Waals surface area (Å²) in [4.78, 5) is 7.99. The highest BCUT2D eigenvalue weighted by Crippen LogP contribution is 2.18. The molecule has 102 valence electrons. The van der Waals surface area contributed by atoms with Crippen LogP contribution in [0.3, 0.4) is 0 Å². The molecule has 1 aliphatic rings. The summed E-state index contributed by atoms with van der Waals surface area (Å²) in [7, 11) is 2.23. The number of hydrogen-bond acceptors (Lipinski definition) is 4. The lowest BCUT2D eigenvalue weighted by Crippen LogP contribution is -2.45. The minimum Gasteiger partial charge on any atom is -0.314 e. The molecule has 0 aromatic carbocycles. The molecule has 1 saturated heterocycles. The number of nitrogens with one attached hydrogen (secondary N) is 1. The van der Waals surface area contributed by atoms with Crippen LogP contribution in [0.15, 0.2) is 12.1 Å². The highest BCUT2D eigenvalue weighted by atomic mass is 32.1. The lowest BCUT2D eigenvalue weighted by molar-refractivity contribution is 0.203. The second-order valence-electron chi connectivity index (χ2n) is 5.05. The SMILES string of the molecule is CCc1ccc(CN(C)CCN2CCNCC2)s1. The highest BCUT2D eigenvalue weighted by molar-refractivity contribution is 7.11. The molecular weight excluding hydrogens is 242 g/mol. The molecule has 0 radical (unpaired) electrons. The quantitative estimate of drug-likeness (QED) is 0.845. The molecule has 0 saturated carbocycles. The zero-order chi connectivity index (χ0) is 12.8. The maximum Gasteiger partial charge on any atom is 0.0325 e. The van der Waals surface area contributed by atoms with Crippen LogP contribution in [0.1, 0.15) is 16.7 Å². The van der Waals surface area contributed by atoms with Gasteiger partial charge < -0.3 is 10.2 Å². The molecule has 1 aromatic heterocycles. The molecule has 2 heterocycles. The lowest BCUT2D eigenvalue weighted by Gasteiger charge is -2.28. The van der Waals surface area contributed by atoms with Crippen molar-refractivity contribution in [2.75, 3.05) is 46.3 Å². The van der Waals surface area contributed by atoms with Crippen molar-refractivity contribution in [2.45, 2.75) is 19.9 Å². The van der Waals surface area contributed by atoms with Crippen molar-refractivity contribution in [3.8, 4) is 0 Å². The van der Waals surface area contributed by atoms with Gasteiger partial charge in [0.1, 0.15) is 0 Å². The maximum atomic E-state index is 3.40. The maximum absolute atomic E-state index is 3.40. The third-order valence-corrected chi connectivity index (χ3v) is 4.71.